The van der Waals surface area contributed by atoms with Gasteiger partial charge in [-0.3, -0.25) is 0 Å². The molecule has 23 heavy (non-hydrogen) atoms. The molecule has 4 nitrogen and oxygen atoms in total. The highest BCUT2D eigenvalue weighted by atomic mass is 19.1. The van der Waals surface area contributed by atoms with Gasteiger partial charge in [0.05, 0.1) is 13.7 Å². The number of guanidine groups is 1. The molecule has 0 amide bonds. The first-order valence-corrected chi connectivity index (χ1v) is 7.61. The van der Waals surface area contributed by atoms with Crippen molar-refractivity contribution < 1.29 is 9.13 Å². The van der Waals surface area contributed by atoms with Gasteiger partial charge in [0.2, 0.25) is 0 Å². The van der Waals surface area contributed by atoms with E-state index in [-0.39, 0.29) is 5.82 Å². The summed E-state index contributed by atoms with van der Waals surface area (Å²) in [4.78, 5) is 4.52. The smallest absolute Gasteiger partial charge is 0.191 e. The Morgan fingerprint density at radius 3 is 2.48 bits per heavy atom. The van der Waals surface area contributed by atoms with Crippen LogP contribution in [-0.4, -0.2) is 19.6 Å². The number of aliphatic imine (C=N–C) groups is 1. The Bertz CT molecular complexity index is 641. The summed E-state index contributed by atoms with van der Waals surface area (Å²) in [5.74, 6) is 1.26. The van der Waals surface area contributed by atoms with Crippen LogP contribution in [0.25, 0.3) is 0 Å². The summed E-state index contributed by atoms with van der Waals surface area (Å²) in [5, 5.41) is 6.30. The maximum absolute atomic E-state index is 13.6. The van der Waals surface area contributed by atoms with Crippen molar-refractivity contribution in [3.05, 3.63) is 65.5 Å². The fourth-order valence-electron chi connectivity index (χ4n) is 2.06. The van der Waals surface area contributed by atoms with E-state index >= 15 is 0 Å². The third-order valence-electron chi connectivity index (χ3n) is 3.33. The maximum Gasteiger partial charge on any atom is 0.191 e. The van der Waals surface area contributed by atoms with Crippen LogP contribution in [0, 0.1) is 5.82 Å². The van der Waals surface area contributed by atoms with Crippen molar-refractivity contribution in [3.63, 3.8) is 0 Å². The van der Waals surface area contributed by atoms with E-state index in [1.54, 1.807) is 19.2 Å². The minimum Gasteiger partial charge on any atom is -0.497 e. The van der Waals surface area contributed by atoms with E-state index in [1.165, 1.54) is 6.07 Å². The van der Waals surface area contributed by atoms with E-state index in [9.17, 15) is 4.39 Å². The molecule has 0 aromatic heterocycles. The fourth-order valence-corrected chi connectivity index (χ4v) is 2.06. The zero-order chi connectivity index (χ0) is 16.5. The van der Waals surface area contributed by atoms with Crippen LogP contribution < -0.4 is 15.4 Å². The van der Waals surface area contributed by atoms with Gasteiger partial charge in [0, 0.05) is 18.7 Å². The largest absolute Gasteiger partial charge is 0.497 e. The van der Waals surface area contributed by atoms with Crippen molar-refractivity contribution in [2.24, 2.45) is 4.99 Å². The summed E-state index contributed by atoms with van der Waals surface area (Å²) in [5.41, 5.74) is 1.69. The molecule has 2 aromatic rings. The van der Waals surface area contributed by atoms with Crippen molar-refractivity contribution >= 4 is 5.96 Å². The Labute approximate surface area is 136 Å². The van der Waals surface area contributed by atoms with Gasteiger partial charge in [-0.2, -0.15) is 0 Å². The van der Waals surface area contributed by atoms with E-state index in [0.29, 0.717) is 24.6 Å². The molecule has 0 atom stereocenters. The Kier molecular flexibility index (Phi) is 6.41. The van der Waals surface area contributed by atoms with Gasteiger partial charge in [-0.05, 0) is 30.7 Å². The van der Waals surface area contributed by atoms with Gasteiger partial charge >= 0.3 is 0 Å². The molecule has 0 saturated heterocycles. The second-order valence-electron chi connectivity index (χ2n) is 4.99. The van der Waals surface area contributed by atoms with Gasteiger partial charge < -0.3 is 15.4 Å². The summed E-state index contributed by atoms with van der Waals surface area (Å²) in [6, 6.07) is 14.5. The van der Waals surface area contributed by atoms with E-state index in [0.717, 1.165) is 17.9 Å². The first-order valence-electron chi connectivity index (χ1n) is 7.61. The molecule has 0 saturated carbocycles. The molecule has 0 bridgehead atoms. The molecular formula is C18H22FN3O. The first-order chi connectivity index (χ1) is 11.2. The third kappa shape index (κ3) is 5.29. The van der Waals surface area contributed by atoms with E-state index in [1.807, 2.05) is 37.3 Å². The predicted molar refractivity (Wildman–Crippen MR) is 91.0 cm³/mol. The number of nitrogens with zero attached hydrogens (tertiary/aromatic N) is 1. The topological polar surface area (TPSA) is 45.7 Å². The molecular weight excluding hydrogens is 293 g/mol. The number of hydrogen-bond acceptors (Lipinski definition) is 2. The maximum atomic E-state index is 13.6. The lowest BCUT2D eigenvalue weighted by molar-refractivity contribution is 0.414. The van der Waals surface area contributed by atoms with Crippen LogP contribution in [0.1, 0.15) is 18.1 Å². The lowest BCUT2D eigenvalue weighted by Gasteiger charge is -2.12. The number of benzene rings is 2. The zero-order valence-corrected chi connectivity index (χ0v) is 13.5. The van der Waals surface area contributed by atoms with Crippen molar-refractivity contribution in [1.82, 2.24) is 10.6 Å². The van der Waals surface area contributed by atoms with Crippen molar-refractivity contribution in [3.8, 4) is 5.75 Å². The Balaban J connectivity index is 1.97. The molecule has 5 heteroatoms. The van der Waals surface area contributed by atoms with Gasteiger partial charge in [0.15, 0.2) is 5.96 Å². The molecule has 0 spiro atoms. The SMILES string of the molecule is CCNC(=NCc1ccc(OC)cc1)NCc1ccccc1F. The van der Waals surface area contributed by atoms with Crippen LogP contribution in [0.3, 0.4) is 0 Å². The molecule has 0 aliphatic rings. The molecule has 0 heterocycles. The van der Waals surface area contributed by atoms with Crippen LogP contribution in [-0.2, 0) is 13.1 Å². The van der Waals surface area contributed by atoms with Gasteiger partial charge in [0.1, 0.15) is 11.6 Å². The Morgan fingerprint density at radius 1 is 1.09 bits per heavy atom. The Morgan fingerprint density at radius 2 is 1.83 bits per heavy atom. The van der Waals surface area contributed by atoms with Crippen LogP contribution >= 0.6 is 0 Å². The van der Waals surface area contributed by atoms with Gasteiger partial charge in [-0.1, -0.05) is 30.3 Å². The molecule has 0 fully saturated rings. The van der Waals surface area contributed by atoms with Gasteiger partial charge in [-0.15, -0.1) is 0 Å². The van der Waals surface area contributed by atoms with Crippen molar-refractivity contribution in [2.75, 3.05) is 13.7 Å². The monoisotopic (exact) mass is 315 g/mol. The average Bonchev–Trinajstić information content (AvgIpc) is 2.59. The first kappa shape index (κ1) is 16.8. The van der Waals surface area contributed by atoms with Gasteiger partial charge in [0.25, 0.3) is 0 Å². The van der Waals surface area contributed by atoms with Crippen LogP contribution in [0.15, 0.2) is 53.5 Å². The molecule has 122 valence electrons. The second kappa shape index (κ2) is 8.78. The third-order valence-corrected chi connectivity index (χ3v) is 3.33. The number of hydrogen-bond donors (Lipinski definition) is 2. The number of ether oxygens (including phenoxy) is 1. The molecule has 0 aliphatic carbocycles. The van der Waals surface area contributed by atoms with E-state index in [2.05, 4.69) is 15.6 Å². The summed E-state index contributed by atoms with van der Waals surface area (Å²) < 4.78 is 18.8. The van der Waals surface area contributed by atoms with E-state index < -0.39 is 0 Å². The highest BCUT2D eigenvalue weighted by Crippen LogP contribution is 2.12. The van der Waals surface area contributed by atoms with Gasteiger partial charge in [-0.25, -0.2) is 9.38 Å². The minimum atomic E-state index is -0.217. The minimum absolute atomic E-state index is 0.217. The normalized spacial score (nSPS) is 11.2. The number of methoxy groups -OCH3 is 1. The van der Waals surface area contributed by atoms with Crippen molar-refractivity contribution in [2.45, 2.75) is 20.0 Å². The average molecular weight is 315 g/mol. The molecule has 0 radical (unpaired) electrons. The lowest BCUT2D eigenvalue weighted by Crippen LogP contribution is -2.37. The molecule has 2 rings (SSSR count). The number of rotatable bonds is 6. The quantitative estimate of drug-likeness (QED) is 0.636. The summed E-state index contributed by atoms with van der Waals surface area (Å²) in [6.07, 6.45) is 0. The highest BCUT2D eigenvalue weighted by Gasteiger charge is 2.02. The lowest BCUT2D eigenvalue weighted by atomic mass is 10.2. The van der Waals surface area contributed by atoms with E-state index in [4.69, 9.17) is 4.74 Å². The summed E-state index contributed by atoms with van der Waals surface area (Å²) in [6.45, 7) is 3.66. The van der Waals surface area contributed by atoms with Crippen LogP contribution in [0.5, 0.6) is 5.75 Å². The predicted octanol–water partition coefficient (Wildman–Crippen LogP) is 3.09. The molecule has 0 unspecified atom stereocenters. The molecule has 2 N–H and O–H groups in total. The summed E-state index contributed by atoms with van der Waals surface area (Å²) >= 11 is 0. The number of halogens is 1. The molecule has 0 aliphatic heterocycles. The molecule has 2 aromatic carbocycles. The Hall–Kier alpha value is -2.56. The van der Waals surface area contributed by atoms with Crippen LogP contribution in [0.2, 0.25) is 0 Å². The second-order valence-corrected chi connectivity index (χ2v) is 4.99. The number of nitrogens with one attached hydrogen (secondary N) is 2. The van der Waals surface area contributed by atoms with Crippen molar-refractivity contribution in [1.29, 1.82) is 0 Å². The fraction of sp³-hybridized carbons (Fsp3) is 0.278. The van der Waals surface area contributed by atoms with Crippen LogP contribution in [0.4, 0.5) is 4.39 Å². The standard InChI is InChI=1S/C18H22FN3O/c1-3-20-18(22-13-15-6-4-5-7-17(15)19)21-12-14-8-10-16(23-2)11-9-14/h4-11H,3,12-13H2,1-2H3,(H2,20,21,22). The zero-order valence-electron chi connectivity index (χ0n) is 13.5. The highest BCUT2D eigenvalue weighted by molar-refractivity contribution is 5.79. The summed E-state index contributed by atoms with van der Waals surface area (Å²) in [7, 11) is 1.64.